The van der Waals surface area contributed by atoms with Gasteiger partial charge in [-0.15, -0.1) is 0 Å². The Kier molecular flexibility index (Phi) is 2.21. The first-order valence-electron chi connectivity index (χ1n) is 7.57. The second-order valence-electron chi connectivity index (χ2n) is 5.96. The van der Waals surface area contributed by atoms with Gasteiger partial charge in [0.2, 0.25) is 0 Å². The fourth-order valence-electron chi connectivity index (χ4n) is 3.79. The van der Waals surface area contributed by atoms with E-state index in [4.69, 9.17) is 0 Å². The molecule has 0 spiro atoms. The third kappa shape index (κ3) is 1.43. The van der Waals surface area contributed by atoms with E-state index in [1.165, 1.54) is 33.0 Å². The summed E-state index contributed by atoms with van der Waals surface area (Å²) in [5.74, 6) is 0.350. The summed E-state index contributed by atoms with van der Waals surface area (Å²) in [4.78, 5) is 0. The molecule has 0 aliphatic heterocycles. The maximum atomic E-state index is 10.1. The summed E-state index contributed by atoms with van der Waals surface area (Å²) < 4.78 is 0. The molecular formula is C21H14O. The van der Waals surface area contributed by atoms with Gasteiger partial charge in [0.05, 0.1) is 0 Å². The molecule has 5 rings (SSSR count). The van der Waals surface area contributed by atoms with Gasteiger partial charge in [-0.1, -0.05) is 60.7 Å². The molecule has 0 aromatic heterocycles. The lowest BCUT2D eigenvalue weighted by Crippen LogP contribution is -1.86. The van der Waals surface area contributed by atoms with Crippen LogP contribution in [0.4, 0.5) is 0 Å². The van der Waals surface area contributed by atoms with Gasteiger partial charge >= 0.3 is 0 Å². The first kappa shape index (κ1) is 11.8. The predicted octanol–water partition coefficient (Wildman–Crippen LogP) is 5.27. The minimum atomic E-state index is 0.350. The maximum Gasteiger partial charge on any atom is 0.123 e. The Bertz CT molecular complexity index is 1060. The van der Waals surface area contributed by atoms with E-state index < -0.39 is 0 Å². The first-order chi connectivity index (χ1) is 10.8. The third-order valence-electron chi connectivity index (χ3n) is 4.82. The summed E-state index contributed by atoms with van der Waals surface area (Å²) in [6, 6.07) is 23.0. The van der Waals surface area contributed by atoms with Crippen LogP contribution in [0.5, 0.6) is 5.75 Å². The van der Waals surface area contributed by atoms with E-state index in [9.17, 15) is 5.11 Å². The molecule has 4 aromatic rings. The first-order valence-corrected chi connectivity index (χ1v) is 7.57. The van der Waals surface area contributed by atoms with Crippen LogP contribution in [0, 0.1) is 0 Å². The van der Waals surface area contributed by atoms with Crippen LogP contribution < -0.4 is 0 Å². The highest BCUT2D eigenvalue weighted by atomic mass is 16.3. The summed E-state index contributed by atoms with van der Waals surface area (Å²) in [5.41, 5.74) is 5.52. The van der Waals surface area contributed by atoms with Crippen molar-refractivity contribution in [2.45, 2.75) is 6.42 Å². The smallest absolute Gasteiger partial charge is 0.123 e. The van der Waals surface area contributed by atoms with Crippen molar-refractivity contribution >= 4 is 21.5 Å². The highest BCUT2D eigenvalue weighted by molar-refractivity contribution is 6.12. The van der Waals surface area contributed by atoms with Crippen LogP contribution in [0.25, 0.3) is 32.7 Å². The molecule has 0 bridgehead atoms. The highest BCUT2D eigenvalue weighted by Gasteiger charge is 2.20. The zero-order chi connectivity index (χ0) is 14.7. The molecule has 4 aromatic carbocycles. The molecule has 1 nitrogen and oxygen atoms in total. The number of hydrogen-bond donors (Lipinski definition) is 1. The number of phenols is 1. The van der Waals surface area contributed by atoms with Gasteiger partial charge in [0, 0.05) is 5.39 Å². The molecule has 22 heavy (non-hydrogen) atoms. The quantitative estimate of drug-likeness (QED) is 0.384. The van der Waals surface area contributed by atoms with Gasteiger partial charge in [-0.25, -0.2) is 0 Å². The van der Waals surface area contributed by atoms with E-state index in [-0.39, 0.29) is 0 Å². The Hall–Kier alpha value is -2.80. The van der Waals surface area contributed by atoms with Gasteiger partial charge in [-0.3, -0.25) is 0 Å². The van der Waals surface area contributed by atoms with E-state index in [1.807, 2.05) is 12.1 Å². The van der Waals surface area contributed by atoms with Crippen LogP contribution in [0.15, 0.2) is 66.7 Å². The molecule has 0 fully saturated rings. The second-order valence-corrected chi connectivity index (χ2v) is 5.96. The van der Waals surface area contributed by atoms with E-state index in [2.05, 4.69) is 48.5 Å². The number of rotatable bonds is 0. The molecule has 0 saturated carbocycles. The average molecular weight is 282 g/mol. The summed E-state index contributed by atoms with van der Waals surface area (Å²) in [7, 11) is 0. The lowest BCUT2D eigenvalue weighted by Gasteiger charge is -2.09. The monoisotopic (exact) mass is 282 g/mol. The van der Waals surface area contributed by atoms with Gasteiger partial charge in [-0.2, -0.15) is 0 Å². The van der Waals surface area contributed by atoms with Crippen molar-refractivity contribution in [2.24, 2.45) is 0 Å². The van der Waals surface area contributed by atoms with Crippen molar-refractivity contribution in [3.63, 3.8) is 0 Å². The molecule has 0 amide bonds. The fourth-order valence-corrected chi connectivity index (χ4v) is 3.79. The van der Waals surface area contributed by atoms with Crippen molar-refractivity contribution in [3.05, 3.63) is 77.9 Å². The van der Waals surface area contributed by atoms with E-state index in [0.29, 0.717) is 5.75 Å². The summed E-state index contributed by atoms with van der Waals surface area (Å²) in [5, 5.41) is 14.6. The minimum absolute atomic E-state index is 0.350. The molecule has 1 aliphatic rings. The van der Waals surface area contributed by atoms with Gasteiger partial charge < -0.3 is 5.11 Å². The van der Waals surface area contributed by atoms with Gasteiger partial charge in [0.15, 0.2) is 0 Å². The van der Waals surface area contributed by atoms with Gasteiger partial charge in [0.1, 0.15) is 5.75 Å². The lowest BCUT2D eigenvalue weighted by molar-refractivity contribution is 0.481. The predicted molar refractivity (Wildman–Crippen MR) is 91.4 cm³/mol. The van der Waals surface area contributed by atoms with E-state index in [0.717, 1.165) is 17.2 Å². The Morgan fingerprint density at radius 1 is 0.591 bits per heavy atom. The third-order valence-corrected chi connectivity index (χ3v) is 4.82. The number of phenolic OH excluding ortho intramolecular Hbond substituents is 1. The molecule has 0 saturated heterocycles. The topological polar surface area (TPSA) is 20.2 Å². The number of fused-ring (bicyclic) bond motifs is 7. The Balaban J connectivity index is 1.91. The summed E-state index contributed by atoms with van der Waals surface area (Å²) >= 11 is 0. The summed E-state index contributed by atoms with van der Waals surface area (Å²) in [6.07, 6.45) is 0.993. The summed E-state index contributed by atoms with van der Waals surface area (Å²) in [6.45, 7) is 0. The maximum absolute atomic E-state index is 10.1. The fraction of sp³-hybridized carbons (Fsp3) is 0.0476. The van der Waals surface area contributed by atoms with Crippen LogP contribution in [0.3, 0.4) is 0 Å². The number of benzene rings is 4. The van der Waals surface area contributed by atoms with Crippen LogP contribution in [-0.4, -0.2) is 5.11 Å². The second kappa shape index (κ2) is 4.11. The standard InChI is InChI=1S/C21H14O/c22-21-7-3-6-15-17-9-8-16-14-5-2-1-4-13(14)12-20(16)18(17)10-11-19(15)21/h1-11,22H,12H2. The molecule has 0 radical (unpaired) electrons. The zero-order valence-electron chi connectivity index (χ0n) is 12.0. The number of hydrogen-bond acceptors (Lipinski definition) is 1. The molecule has 1 heteroatoms. The van der Waals surface area contributed by atoms with Crippen LogP contribution >= 0.6 is 0 Å². The molecule has 1 N–H and O–H groups in total. The van der Waals surface area contributed by atoms with E-state index in [1.54, 1.807) is 6.07 Å². The molecule has 0 unspecified atom stereocenters. The van der Waals surface area contributed by atoms with Crippen molar-refractivity contribution in [1.82, 2.24) is 0 Å². The molecule has 1 aliphatic carbocycles. The van der Waals surface area contributed by atoms with Crippen molar-refractivity contribution in [1.29, 1.82) is 0 Å². The SMILES string of the molecule is Oc1cccc2c1ccc1c3c(ccc12)-c1ccccc1C3. The lowest BCUT2D eigenvalue weighted by atomic mass is 9.95. The molecule has 0 atom stereocenters. The van der Waals surface area contributed by atoms with Crippen LogP contribution in [0.1, 0.15) is 11.1 Å². The van der Waals surface area contributed by atoms with E-state index >= 15 is 0 Å². The molecule has 0 heterocycles. The van der Waals surface area contributed by atoms with Crippen LogP contribution in [-0.2, 0) is 6.42 Å². The largest absolute Gasteiger partial charge is 0.507 e. The normalized spacial score (nSPS) is 12.5. The molecular weight excluding hydrogens is 268 g/mol. The Labute approximate surface area is 128 Å². The van der Waals surface area contributed by atoms with Gasteiger partial charge in [0.25, 0.3) is 0 Å². The Morgan fingerprint density at radius 2 is 1.36 bits per heavy atom. The highest BCUT2D eigenvalue weighted by Crippen LogP contribution is 2.42. The zero-order valence-corrected chi connectivity index (χ0v) is 12.0. The van der Waals surface area contributed by atoms with Crippen molar-refractivity contribution < 1.29 is 5.11 Å². The van der Waals surface area contributed by atoms with Crippen LogP contribution in [0.2, 0.25) is 0 Å². The minimum Gasteiger partial charge on any atom is -0.507 e. The average Bonchev–Trinajstić information content (AvgIpc) is 2.94. The van der Waals surface area contributed by atoms with Crippen molar-refractivity contribution in [2.75, 3.05) is 0 Å². The molecule has 104 valence electrons. The van der Waals surface area contributed by atoms with Crippen molar-refractivity contribution in [3.8, 4) is 16.9 Å². The van der Waals surface area contributed by atoms with Gasteiger partial charge in [-0.05, 0) is 50.9 Å². The number of aromatic hydroxyl groups is 1. The Morgan fingerprint density at radius 3 is 2.32 bits per heavy atom.